The number of rotatable bonds is 20. The van der Waals surface area contributed by atoms with Gasteiger partial charge in [0.25, 0.3) is 0 Å². The van der Waals surface area contributed by atoms with Crippen LogP contribution in [0.1, 0.15) is 0 Å². The molecule has 3 rings (SSSR count). The Labute approximate surface area is 289 Å². The van der Waals surface area contributed by atoms with Gasteiger partial charge in [0.1, 0.15) is 0 Å². The van der Waals surface area contributed by atoms with Crippen LogP contribution in [0, 0.1) is 0 Å². The number of hydrogen-bond acceptors (Lipinski definition) is 16. The van der Waals surface area contributed by atoms with E-state index < -0.39 is 46.5 Å². The second-order valence-electron chi connectivity index (χ2n) is 9.41. The monoisotopic (exact) mass is 806 g/mol. The fourth-order valence-electron chi connectivity index (χ4n) is 3.36. The molecular formula is C21H30Cl2N12O10P2S2. The van der Waals surface area contributed by atoms with Gasteiger partial charge in [0.2, 0.25) is 54.4 Å². The summed E-state index contributed by atoms with van der Waals surface area (Å²) in [7, 11) is -17.2. The molecule has 0 bridgehead atoms. The molecule has 270 valence electrons. The van der Waals surface area contributed by atoms with E-state index in [9.17, 15) is 35.8 Å². The topological polar surface area (TPSA) is 333 Å². The molecule has 3 aromatic rings. The van der Waals surface area contributed by atoms with Gasteiger partial charge in [0.15, 0.2) is 5.08 Å². The third-order valence-corrected chi connectivity index (χ3v) is 11.1. The van der Waals surface area contributed by atoms with Crippen molar-refractivity contribution >= 4 is 93.2 Å². The molecule has 0 saturated heterocycles. The first-order valence-electron chi connectivity index (χ1n) is 13.4. The lowest BCUT2D eigenvalue weighted by Gasteiger charge is -2.11. The molecule has 49 heavy (non-hydrogen) atoms. The second kappa shape index (κ2) is 17.7. The number of aromatic nitrogens is 6. The fourth-order valence-corrected chi connectivity index (χ4v) is 7.76. The van der Waals surface area contributed by atoms with E-state index in [2.05, 4.69) is 60.6 Å². The SMILES string of the molecule is O=P(O)(O)C/C=C\CNc1nc(Cl)nc(NCCNS(=O)(=O)CS(=O)(=O)NCCNc2nc(Cl)nc(Nc3ccc(P(=O)(O)O)cc3)n2)n1. The van der Waals surface area contributed by atoms with Gasteiger partial charge in [-0.2, -0.15) is 29.9 Å². The van der Waals surface area contributed by atoms with Crippen LogP contribution in [0.5, 0.6) is 0 Å². The zero-order chi connectivity index (χ0) is 36.3. The number of halogens is 2. The Hall–Kier alpha value is -3.12. The number of benzene rings is 1. The highest BCUT2D eigenvalue weighted by molar-refractivity contribution is 8.06. The van der Waals surface area contributed by atoms with Gasteiger partial charge in [-0.1, -0.05) is 12.2 Å². The maximum Gasteiger partial charge on any atom is 0.356 e. The third-order valence-electron chi connectivity index (χ3n) is 5.33. The number of nitrogens with one attached hydrogen (secondary N) is 6. The fraction of sp³-hybridized carbons (Fsp3) is 0.333. The highest BCUT2D eigenvalue weighted by Crippen LogP contribution is 2.34. The van der Waals surface area contributed by atoms with Gasteiger partial charge in [-0.3, -0.25) is 9.13 Å². The van der Waals surface area contributed by atoms with Crippen molar-refractivity contribution in [3.05, 3.63) is 47.0 Å². The van der Waals surface area contributed by atoms with Crippen molar-refractivity contribution in [1.29, 1.82) is 0 Å². The van der Waals surface area contributed by atoms with Crippen LogP contribution < -0.4 is 36.0 Å². The summed E-state index contributed by atoms with van der Waals surface area (Å²) in [6, 6.07) is 5.21. The maximum atomic E-state index is 12.4. The first-order valence-corrected chi connectivity index (χ1v) is 20.9. The lowest BCUT2D eigenvalue weighted by Crippen LogP contribution is -2.39. The number of hydrogen-bond donors (Lipinski definition) is 10. The molecule has 0 unspecified atom stereocenters. The molecule has 0 atom stereocenters. The number of nitrogens with zero attached hydrogens (tertiary/aromatic N) is 6. The molecule has 0 aliphatic heterocycles. The lowest BCUT2D eigenvalue weighted by atomic mass is 10.3. The highest BCUT2D eigenvalue weighted by Gasteiger charge is 2.22. The van der Waals surface area contributed by atoms with E-state index in [4.69, 9.17) is 33.0 Å². The van der Waals surface area contributed by atoms with Crippen LogP contribution in [-0.4, -0.2) is 110 Å². The summed E-state index contributed by atoms with van der Waals surface area (Å²) in [6.45, 7) is -0.539. The van der Waals surface area contributed by atoms with Crippen LogP contribution in [0.25, 0.3) is 0 Å². The summed E-state index contributed by atoms with van der Waals surface area (Å²) in [5.74, 6) is -0.0744. The average molecular weight is 808 g/mol. The Kier molecular flexibility index (Phi) is 14.6. The quantitative estimate of drug-likeness (QED) is 0.0386. The molecule has 0 amide bonds. The molecule has 22 nitrogen and oxygen atoms in total. The van der Waals surface area contributed by atoms with Crippen molar-refractivity contribution in [1.82, 2.24) is 39.3 Å². The molecule has 1 aromatic carbocycles. The van der Waals surface area contributed by atoms with E-state index in [0.717, 1.165) is 0 Å². The van der Waals surface area contributed by atoms with Crippen molar-refractivity contribution in [3.63, 3.8) is 0 Å². The number of sulfonamides is 2. The van der Waals surface area contributed by atoms with Gasteiger partial charge in [-0.05, 0) is 47.5 Å². The van der Waals surface area contributed by atoms with E-state index >= 15 is 0 Å². The van der Waals surface area contributed by atoms with Crippen LogP contribution >= 0.6 is 38.4 Å². The third kappa shape index (κ3) is 16.0. The van der Waals surface area contributed by atoms with Crippen molar-refractivity contribution in [2.24, 2.45) is 0 Å². The summed E-state index contributed by atoms with van der Waals surface area (Å²) in [4.78, 5) is 59.7. The minimum absolute atomic E-state index is 0.0260. The van der Waals surface area contributed by atoms with Gasteiger partial charge in [0, 0.05) is 38.4 Å². The van der Waals surface area contributed by atoms with Crippen LogP contribution in [0.4, 0.5) is 29.5 Å². The summed E-state index contributed by atoms with van der Waals surface area (Å²) < 4.78 is 75.9. The minimum Gasteiger partial charge on any atom is -0.353 e. The summed E-state index contributed by atoms with van der Waals surface area (Å²) >= 11 is 11.8. The van der Waals surface area contributed by atoms with Crippen molar-refractivity contribution < 1.29 is 45.5 Å². The molecule has 0 spiro atoms. The molecule has 2 heterocycles. The predicted molar refractivity (Wildman–Crippen MR) is 181 cm³/mol. The Morgan fingerprint density at radius 2 is 1.12 bits per heavy atom. The van der Waals surface area contributed by atoms with Crippen LogP contribution in [0.2, 0.25) is 10.6 Å². The Morgan fingerprint density at radius 3 is 1.61 bits per heavy atom. The van der Waals surface area contributed by atoms with Gasteiger partial charge in [-0.15, -0.1) is 0 Å². The normalized spacial score (nSPS) is 12.6. The summed E-state index contributed by atoms with van der Waals surface area (Å²) in [6.07, 6.45) is 2.29. The molecule has 0 aliphatic carbocycles. The van der Waals surface area contributed by atoms with Gasteiger partial charge >= 0.3 is 15.2 Å². The molecule has 28 heteroatoms. The molecule has 0 radical (unpaired) electrons. The van der Waals surface area contributed by atoms with Gasteiger partial charge in [-0.25, -0.2) is 26.3 Å². The average Bonchev–Trinajstić information content (AvgIpc) is 2.96. The zero-order valence-electron chi connectivity index (χ0n) is 24.8. The van der Waals surface area contributed by atoms with E-state index in [1.807, 2.05) is 0 Å². The lowest BCUT2D eigenvalue weighted by molar-refractivity contribution is 0.376. The maximum absolute atomic E-state index is 12.4. The van der Waals surface area contributed by atoms with E-state index in [-0.39, 0.29) is 72.4 Å². The molecule has 0 saturated carbocycles. The zero-order valence-corrected chi connectivity index (χ0v) is 29.7. The number of anilines is 5. The molecule has 0 fully saturated rings. The Bertz CT molecular complexity index is 1930. The van der Waals surface area contributed by atoms with Crippen molar-refractivity contribution in [3.8, 4) is 0 Å². The van der Waals surface area contributed by atoms with Crippen LogP contribution in [0.3, 0.4) is 0 Å². The highest BCUT2D eigenvalue weighted by atomic mass is 35.5. The predicted octanol–water partition coefficient (Wildman–Crippen LogP) is -0.624. The van der Waals surface area contributed by atoms with E-state index in [0.29, 0.717) is 5.69 Å². The van der Waals surface area contributed by atoms with E-state index in [1.165, 1.54) is 36.4 Å². The number of allylic oxidation sites excluding steroid dienone is 1. The van der Waals surface area contributed by atoms with E-state index in [1.54, 1.807) is 0 Å². The summed E-state index contributed by atoms with van der Waals surface area (Å²) in [5, 5.41) is 9.07. The molecule has 2 aromatic heterocycles. The minimum atomic E-state index is -4.42. The smallest absolute Gasteiger partial charge is 0.353 e. The summed E-state index contributed by atoms with van der Waals surface area (Å²) in [5.41, 5.74) is 0.381. The molecule has 0 aliphatic rings. The van der Waals surface area contributed by atoms with Gasteiger partial charge < -0.3 is 40.8 Å². The first kappa shape index (κ1) is 40.3. The first-order chi connectivity index (χ1) is 22.8. The molecule has 10 N–H and O–H groups in total. The Balaban J connectivity index is 1.41. The largest absolute Gasteiger partial charge is 0.356 e. The van der Waals surface area contributed by atoms with Crippen LogP contribution in [-0.2, 0) is 29.2 Å². The standard InChI is InChI=1S/C21H30Cl2N12O10P2S2/c22-16-30-18(24-7-1-2-12-46(36,37)38)34-19(31-16)25-8-10-27-48(42,43)13-49(44,45)28-11-9-26-20-32-17(23)33-21(35-20)29-14-3-5-15(6-4-14)47(39,40)41/h1-6,27-28H,7-13H2,(H2,36,37,38)(H2,39,40,41)(H2,24,25,30,31,34)(H2,26,29,32,33,35)/b2-1-. The second-order valence-corrected chi connectivity index (χ2v) is 17.4. The van der Waals surface area contributed by atoms with Gasteiger partial charge in [0.05, 0.1) is 11.5 Å². The van der Waals surface area contributed by atoms with Crippen molar-refractivity contribution in [2.75, 3.05) is 65.2 Å². The Morgan fingerprint density at radius 1 is 0.653 bits per heavy atom. The van der Waals surface area contributed by atoms with Crippen LogP contribution in [0.15, 0.2) is 36.4 Å². The van der Waals surface area contributed by atoms with Crippen molar-refractivity contribution in [2.45, 2.75) is 0 Å². The molecular weight excluding hydrogens is 777 g/mol.